The number of rotatable bonds is 4. The van der Waals surface area contributed by atoms with Gasteiger partial charge in [-0.1, -0.05) is 133 Å². The Morgan fingerprint density at radius 3 is 1.29 bits per heavy atom. The van der Waals surface area contributed by atoms with Gasteiger partial charge in [-0.2, -0.15) is 0 Å². The van der Waals surface area contributed by atoms with E-state index in [0.29, 0.717) is 16.9 Å². The third kappa shape index (κ3) is 5.58. The van der Waals surface area contributed by atoms with E-state index in [-0.39, 0.29) is 10.8 Å². The Balaban J connectivity index is 1.70. The van der Waals surface area contributed by atoms with Gasteiger partial charge in [0.25, 0.3) is 0 Å². The molecule has 1 aromatic heterocycles. The average molecular weight is 634 g/mol. The van der Waals surface area contributed by atoms with Gasteiger partial charge in [0.05, 0.1) is 29.9 Å². The van der Waals surface area contributed by atoms with E-state index in [2.05, 4.69) is 153 Å². The van der Waals surface area contributed by atoms with Crippen molar-refractivity contribution in [3.63, 3.8) is 0 Å². The lowest BCUT2D eigenvalue weighted by atomic mass is 9.85. The topological polar surface area (TPSA) is 13.7 Å². The molecule has 0 aliphatic heterocycles. The zero-order valence-electron chi connectivity index (χ0n) is 29.0. The van der Waals surface area contributed by atoms with Crippen LogP contribution < -0.4 is 0 Å². The van der Waals surface area contributed by atoms with Crippen LogP contribution in [0.2, 0.25) is 0 Å². The van der Waals surface area contributed by atoms with Gasteiger partial charge in [-0.3, -0.25) is 0 Å². The van der Waals surface area contributed by atoms with Crippen LogP contribution in [0.3, 0.4) is 0 Å². The lowest BCUT2D eigenvalue weighted by Crippen LogP contribution is -2.10. The standard InChI is InChI=1S/C46H39N3/c1-45(2,3)33-22-24-41-37(28-33)38-29-34(46(4,5)6)23-25-42(38)49(41)44-35(30-16-11-9-12-17-30)26-32(27-36(44)31-18-13-10-14-19-31)43-39(47-7)20-15-21-40(43)48-8/h9-29H,1-6H3. The summed E-state index contributed by atoms with van der Waals surface area (Å²) in [7, 11) is 0. The van der Waals surface area contributed by atoms with Crippen molar-refractivity contribution < 1.29 is 0 Å². The summed E-state index contributed by atoms with van der Waals surface area (Å²) in [6, 6.07) is 44.6. The molecule has 7 aromatic rings. The van der Waals surface area contributed by atoms with Crippen molar-refractivity contribution in [1.82, 2.24) is 4.57 Å². The molecule has 0 atom stereocenters. The number of hydrogen-bond donors (Lipinski definition) is 0. The molecule has 0 bridgehead atoms. The largest absolute Gasteiger partial charge is 0.308 e. The molecule has 49 heavy (non-hydrogen) atoms. The fraction of sp³-hybridized carbons (Fsp3) is 0.174. The number of benzene rings is 6. The Hall–Kier alpha value is -5.90. The van der Waals surface area contributed by atoms with Crippen LogP contribution in [0.25, 0.3) is 70.6 Å². The van der Waals surface area contributed by atoms with E-state index in [1.807, 2.05) is 24.3 Å². The molecule has 3 nitrogen and oxygen atoms in total. The zero-order valence-corrected chi connectivity index (χ0v) is 29.0. The van der Waals surface area contributed by atoms with Crippen LogP contribution in [0.4, 0.5) is 11.4 Å². The van der Waals surface area contributed by atoms with Gasteiger partial charge in [0.1, 0.15) is 0 Å². The second-order valence-electron chi connectivity index (χ2n) is 14.8. The van der Waals surface area contributed by atoms with Crippen molar-refractivity contribution in [3.05, 3.63) is 161 Å². The SMILES string of the molecule is [C-]#[N+]c1cccc([N+]#[C-])c1-c1cc(-c2ccccc2)c(-n2c3ccc(C(C)(C)C)cc3c3cc(C(C)(C)C)ccc32)c(-c2ccccc2)c1. The molecular weight excluding hydrogens is 595 g/mol. The van der Waals surface area contributed by atoms with Crippen molar-refractivity contribution in [2.75, 3.05) is 0 Å². The predicted octanol–water partition coefficient (Wildman–Crippen LogP) is 13.5. The Morgan fingerprint density at radius 1 is 0.469 bits per heavy atom. The van der Waals surface area contributed by atoms with E-state index in [1.165, 1.54) is 21.9 Å². The Kier molecular flexibility index (Phi) is 7.74. The summed E-state index contributed by atoms with van der Waals surface area (Å²) < 4.78 is 2.44. The molecule has 6 aromatic carbocycles. The highest BCUT2D eigenvalue weighted by Gasteiger charge is 2.25. The Labute approximate surface area is 289 Å². The highest BCUT2D eigenvalue weighted by molar-refractivity contribution is 6.11. The number of nitrogens with zero attached hydrogens (tertiary/aromatic N) is 3. The van der Waals surface area contributed by atoms with Crippen molar-refractivity contribution >= 4 is 33.2 Å². The smallest absolute Gasteiger partial charge is 0.184 e. The third-order valence-electron chi connectivity index (χ3n) is 9.55. The van der Waals surface area contributed by atoms with Crippen LogP contribution in [0, 0.1) is 13.1 Å². The molecular formula is C46H39N3. The molecule has 238 valence electrons. The molecule has 0 N–H and O–H groups in total. The van der Waals surface area contributed by atoms with Crippen molar-refractivity contribution in [3.8, 4) is 39.1 Å². The molecule has 3 heteroatoms. The number of aromatic nitrogens is 1. The average Bonchev–Trinajstić information content (AvgIpc) is 3.43. The minimum absolute atomic E-state index is 0.00675. The lowest BCUT2D eigenvalue weighted by Gasteiger charge is -2.23. The summed E-state index contributed by atoms with van der Waals surface area (Å²) in [6.07, 6.45) is 0. The van der Waals surface area contributed by atoms with Crippen LogP contribution in [0.1, 0.15) is 52.7 Å². The molecule has 0 spiro atoms. The summed E-state index contributed by atoms with van der Waals surface area (Å²) in [5, 5.41) is 2.45. The van der Waals surface area contributed by atoms with Gasteiger partial charge in [-0.05, 0) is 80.6 Å². The van der Waals surface area contributed by atoms with E-state index in [4.69, 9.17) is 13.1 Å². The lowest BCUT2D eigenvalue weighted by molar-refractivity contribution is 0.590. The fourth-order valence-corrected chi connectivity index (χ4v) is 6.90. The first-order valence-corrected chi connectivity index (χ1v) is 16.8. The first-order chi connectivity index (χ1) is 23.5. The third-order valence-corrected chi connectivity index (χ3v) is 9.55. The van der Waals surface area contributed by atoms with Crippen molar-refractivity contribution in [1.29, 1.82) is 0 Å². The molecule has 0 saturated heterocycles. The molecule has 0 fully saturated rings. The zero-order chi connectivity index (χ0) is 34.5. The highest BCUT2D eigenvalue weighted by atomic mass is 15.0. The van der Waals surface area contributed by atoms with Crippen molar-refractivity contribution in [2.45, 2.75) is 52.4 Å². The van der Waals surface area contributed by atoms with Crippen molar-refractivity contribution in [2.24, 2.45) is 0 Å². The van der Waals surface area contributed by atoms with Gasteiger partial charge >= 0.3 is 0 Å². The Bertz CT molecular complexity index is 2290. The van der Waals surface area contributed by atoms with Gasteiger partial charge in [0.2, 0.25) is 0 Å². The number of hydrogen-bond acceptors (Lipinski definition) is 0. The first kappa shape index (κ1) is 31.7. The highest BCUT2D eigenvalue weighted by Crippen LogP contribution is 2.47. The van der Waals surface area contributed by atoms with Gasteiger partial charge < -0.3 is 4.57 Å². The van der Waals surface area contributed by atoms with E-state index in [1.54, 1.807) is 6.07 Å². The molecule has 0 aliphatic rings. The summed E-state index contributed by atoms with van der Waals surface area (Å²) >= 11 is 0. The maximum atomic E-state index is 8.02. The number of fused-ring (bicyclic) bond motifs is 3. The summed E-state index contributed by atoms with van der Waals surface area (Å²) in [5.41, 5.74) is 12.6. The van der Waals surface area contributed by atoms with Crippen LogP contribution in [0.5, 0.6) is 0 Å². The van der Waals surface area contributed by atoms with E-state index in [0.717, 1.165) is 44.5 Å². The van der Waals surface area contributed by atoms with Crippen LogP contribution in [0.15, 0.2) is 127 Å². The van der Waals surface area contributed by atoms with Crippen LogP contribution in [-0.2, 0) is 10.8 Å². The molecule has 1 heterocycles. The van der Waals surface area contributed by atoms with E-state index in [9.17, 15) is 0 Å². The molecule has 0 amide bonds. The van der Waals surface area contributed by atoms with E-state index < -0.39 is 0 Å². The maximum absolute atomic E-state index is 8.02. The van der Waals surface area contributed by atoms with E-state index >= 15 is 0 Å². The molecule has 0 unspecified atom stereocenters. The second kappa shape index (κ2) is 12.0. The maximum Gasteiger partial charge on any atom is 0.184 e. The summed E-state index contributed by atoms with van der Waals surface area (Å²) in [6.45, 7) is 29.7. The molecule has 0 aliphatic carbocycles. The van der Waals surface area contributed by atoms with Crippen LogP contribution in [-0.4, -0.2) is 4.57 Å². The van der Waals surface area contributed by atoms with Crippen LogP contribution >= 0.6 is 0 Å². The fourth-order valence-electron chi connectivity index (χ4n) is 6.90. The molecule has 0 saturated carbocycles. The monoisotopic (exact) mass is 633 g/mol. The Morgan fingerprint density at radius 2 is 0.898 bits per heavy atom. The van der Waals surface area contributed by atoms with Gasteiger partial charge in [-0.15, -0.1) is 0 Å². The molecule has 7 rings (SSSR count). The minimum atomic E-state index is -0.00675. The normalized spacial score (nSPS) is 11.8. The first-order valence-electron chi connectivity index (χ1n) is 16.8. The molecule has 0 radical (unpaired) electrons. The van der Waals surface area contributed by atoms with Gasteiger partial charge in [0.15, 0.2) is 11.4 Å². The quantitative estimate of drug-likeness (QED) is 0.171. The van der Waals surface area contributed by atoms with Gasteiger partial charge in [0, 0.05) is 21.9 Å². The minimum Gasteiger partial charge on any atom is -0.308 e. The summed E-state index contributed by atoms with van der Waals surface area (Å²) in [5.74, 6) is 0. The van der Waals surface area contributed by atoms with Gasteiger partial charge in [-0.25, -0.2) is 9.69 Å². The summed E-state index contributed by atoms with van der Waals surface area (Å²) in [4.78, 5) is 7.74. The second-order valence-corrected chi connectivity index (χ2v) is 14.8. The predicted molar refractivity (Wildman–Crippen MR) is 207 cm³/mol.